The number of aromatic carboxylic acids is 1. The molecule has 2 N–H and O–H groups in total. The van der Waals surface area contributed by atoms with Crippen molar-refractivity contribution in [2.45, 2.75) is 26.9 Å². The zero-order valence-corrected chi connectivity index (χ0v) is 14.5. The van der Waals surface area contributed by atoms with Crippen LogP contribution in [0.2, 0.25) is 0 Å². The number of carbonyl (C=O) groups is 1. The van der Waals surface area contributed by atoms with E-state index >= 15 is 0 Å². The molecule has 0 radical (unpaired) electrons. The molecule has 0 amide bonds. The minimum Gasteiger partial charge on any atom is -0.490 e. The first-order valence-corrected chi connectivity index (χ1v) is 8.05. The van der Waals surface area contributed by atoms with Crippen molar-refractivity contribution in [3.63, 3.8) is 0 Å². The predicted molar refractivity (Wildman–Crippen MR) is 98.0 cm³/mol. The highest BCUT2D eigenvalue weighted by Crippen LogP contribution is 2.29. The van der Waals surface area contributed by atoms with E-state index in [0.717, 1.165) is 5.56 Å². The lowest BCUT2D eigenvalue weighted by Gasteiger charge is -2.14. The Hall–Kier alpha value is -3.02. The third-order valence-electron chi connectivity index (χ3n) is 3.15. The maximum Gasteiger partial charge on any atom is 0.335 e. The minimum atomic E-state index is -0.977. The molecule has 0 heterocycles. The van der Waals surface area contributed by atoms with Crippen LogP contribution < -0.4 is 14.9 Å². The van der Waals surface area contributed by atoms with E-state index < -0.39 is 5.97 Å². The molecule has 132 valence electrons. The molecule has 0 spiro atoms. The summed E-state index contributed by atoms with van der Waals surface area (Å²) in [7, 11) is 0. The van der Waals surface area contributed by atoms with Crippen LogP contribution in [0.5, 0.6) is 11.5 Å². The van der Waals surface area contributed by atoms with Gasteiger partial charge in [0.1, 0.15) is 0 Å². The summed E-state index contributed by atoms with van der Waals surface area (Å²) in [5.41, 5.74) is 4.46. The maximum atomic E-state index is 11.0. The van der Waals surface area contributed by atoms with E-state index in [1.54, 1.807) is 18.3 Å². The van der Waals surface area contributed by atoms with Crippen molar-refractivity contribution in [3.05, 3.63) is 53.6 Å². The van der Waals surface area contributed by atoms with Gasteiger partial charge in [0.2, 0.25) is 0 Å². The van der Waals surface area contributed by atoms with Crippen molar-refractivity contribution < 1.29 is 19.4 Å². The molecule has 25 heavy (non-hydrogen) atoms. The molecule has 2 aromatic carbocycles. The average Bonchev–Trinajstić information content (AvgIpc) is 2.57. The zero-order valence-electron chi connectivity index (χ0n) is 14.5. The molecule has 6 nitrogen and oxygen atoms in total. The Kier molecular flexibility index (Phi) is 6.39. The third-order valence-corrected chi connectivity index (χ3v) is 3.15. The Bertz CT molecular complexity index is 757. The second-order valence-corrected chi connectivity index (χ2v) is 5.56. The molecule has 0 aromatic heterocycles. The van der Waals surface area contributed by atoms with Gasteiger partial charge in [0, 0.05) is 0 Å². The molecule has 2 aromatic rings. The lowest BCUT2D eigenvalue weighted by atomic mass is 10.2. The Labute approximate surface area is 147 Å². The van der Waals surface area contributed by atoms with E-state index in [-0.39, 0.29) is 11.7 Å². The first kappa shape index (κ1) is 18.3. The normalized spacial score (nSPS) is 10.9. The van der Waals surface area contributed by atoms with Crippen LogP contribution >= 0.6 is 0 Å². The van der Waals surface area contributed by atoms with Crippen LogP contribution in [0.15, 0.2) is 47.6 Å². The van der Waals surface area contributed by atoms with E-state index in [0.29, 0.717) is 23.8 Å². The summed E-state index contributed by atoms with van der Waals surface area (Å²) >= 11 is 0. The monoisotopic (exact) mass is 342 g/mol. The van der Waals surface area contributed by atoms with E-state index in [4.69, 9.17) is 14.6 Å². The Morgan fingerprint density at radius 1 is 1.24 bits per heavy atom. The molecule has 0 atom stereocenters. The van der Waals surface area contributed by atoms with Gasteiger partial charge in [-0.2, -0.15) is 5.10 Å². The van der Waals surface area contributed by atoms with Gasteiger partial charge in [-0.3, -0.25) is 5.43 Å². The SMILES string of the molecule is CCOc1cc(/C=N/Nc2cccc(C(=O)O)c2)ccc1OC(C)C. The smallest absolute Gasteiger partial charge is 0.335 e. The number of carboxylic acid groups (broad SMARTS) is 1. The summed E-state index contributed by atoms with van der Waals surface area (Å²) in [5.74, 6) is 0.374. The minimum absolute atomic E-state index is 0.0573. The fraction of sp³-hybridized carbons (Fsp3) is 0.263. The van der Waals surface area contributed by atoms with Crippen LogP contribution in [0, 0.1) is 0 Å². The number of hydrogen-bond acceptors (Lipinski definition) is 5. The number of anilines is 1. The molecule has 0 saturated carbocycles. The number of hydrogen-bond donors (Lipinski definition) is 2. The Balaban J connectivity index is 2.11. The van der Waals surface area contributed by atoms with Crippen molar-refractivity contribution in [2.75, 3.05) is 12.0 Å². The van der Waals surface area contributed by atoms with Gasteiger partial charge in [0.05, 0.1) is 30.2 Å². The van der Waals surface area contributed by atoms with Gasteiger partial charge in [-0.15, -0.1) is 0 Å². The molecule has 0 aliphatic carbocycles. The second kappa shape index (κ2) is 8.73. The molecule has 0 fully saturated rings. The van der Waals surface area contributed by atoms with Crippen molar-refractivity contribution in [3.8, 4) is 11.5 Å². The molecule has 0 unspecified atom stereocenters. The van der Waals surface area contributed by atoms with Gasteiger partial charge in [-0.1, -0.05) is 6.07 Å². The number of rotatable bonds is 8. The maximum absolute atomic E-state index is 11.0. The quantitative estimate of drug-likeness (QED) is 0.559. The molecule has 0 saturated heterocycles. The summed E-state index contributed by atoms with van der Waals surface area (Å²) in [6.07, 6.45) is 1.69. The molecule has 0 aliphatic heterocycles. The largest absolute Gasteiger partial charge is 0.490 e. The summed E-state index contributed by atoms with van der Waals surface area (Å²) in [5, 5.41) is 13.1. The molecule has 6 heteroatoms. The standard InChI is InChI=1S/C19H22N2O4/c1-4-24-18-10-14(8-9-17(18)25-13(2)3)12-20-21-16-7-5-6-15(11-16)19(22)23/h5-13,21H,4H2,1-3H3,(H,22,23)/b20-12+. The van der Waals surface area contributed by atoms with Gasteiger partial charge in [-0.25, -0.2) is 4.79 Å². The number of hydrazone groups is 1. The van der Waals surface area contributed by atoms with Crippen LogP contribution in [0.3, 0.4) is 0 Å². The molecule has 0 bridgehead atoms. The van der Waals surface area contributed by atoms with Gasteiger partial charge < -0.3 is 14.6 Å². The fourth-order valence-corrected chi connectivity index (χ4v) is 2.13. The lowest BCUT2D eigenvalue weighted by molar-refractivity contribution is 0.0697. The molecular formula is C19H22N2O4. The van der Waals surface area contributed by atoms with E-state index in [9.17, 15) is 4.79 Å². The molecule has 2 rings (SSSR count). The van der Waals surface area contributed by atoms with Gasteiger partial charge >= 0.3 is 5.97 Å². The number of ether oxygens (including phenoxy) is 2. The Morgan fingerprint density at radius 3 is 2.72 bits per heavy atom. The first-order chi connectivity index (χ1) is 12.0. The van der Waals surface area contributed by atoms with Crippen molar-refractivity contribution >= 4 is 17.9 Å². The summed E-state index contributed by atoms with van der Waals surface area (Å²) in [4.78, 5) is 11.0. The van der Waals surface area contributed by atoms with E-state index in [2.05, 4.69) is 10.5 Å². The third kappa shape index (κ3) is 5.53. The summed E-state index contributed by atoms with van der Waals surface area (Å²) in [6.45, 7) is 6.37. The van der Waals surface area contributed by atoms with E-state index in [1.807, 2.05) is 39.0 Å². The van der Waals surface area contributed by atoms with Crippen LogP contribution in [-0.4, -0.2) is 30.0 Å². The second-order valence-electron chi connectivity index (χ2n) is 5.56. The van der Waals surface area contributed by atoms with Gasteiger partial charge in [-0.05, 0) is 62.7 Å². The van der Waals surface area contributed by atoms with Crippen molar-refractivity contribution in [1.82, 2.24) is 0 Å². The summed E-state index contributed by atoms with van der Waals surface area (Å²) in [6, 6.07) is 12.0. The molecule has 0 aliphatic rings. The topological polar surface area (TPSA) is 80.2 Å². The van der Waals surface area contributed by atoms with Crippen LogP contribution in [0.1, 0.15) is 36.7 Å². The van der Waals surface area contributed by atoms with E-state index in [1.165, 1.54) is 12.1 Å². The highest BCUT2D eigenvalue weighted by Gasteiger charge is 2.07. The van der Waals surface area contributed by atoms with Gasteiger partial charge in [0.25, 0.3) is 0 Å². The van der Waals surface area contributed by atoms with Gasteiger partial charge in [0.15, 0.2) is 11.5 Å². The fourth-order valence-electron chi connectivity index (χ4n) is 2.13. The lowest BCUT2D eigenvalue weighted by Crippen LogP contribution is -2.07. The van der Waals surface area contributed by atoms with Crippen LogP contribution in [0.25, 0.3) is 0 Å². The van der Waals surface area contributed by atoms with Crippen molar-refractivity contribution in [2.24, 2.45) is 5.10 Å². The number of nitrogens with zero attached hydrogens (tertiary/aromatic N) is 1. The highest BCUT2D eigenvalue weighted by molar-refractivity contribution is 5.89. The highest BCUT2D eigenvalue weighted by atomic mass is 16.5. The Morgan fingerprint density at radius 2 is 2.04 bits per heavy atom. The average molecular weight is 342 g/mol. The van der Waals surface area contributed by atoms with Crippen LogP contribution in [-0.2, 0) is 0 Å². The number of benzene rings is 2. The zero-order chi connectivity index (χ0) is 18.2. The number of carboxylic acids is 1. The molecular weight excluding hydrogens is 320 g/mol. The van der Waals surface area contributed by atoms with Crippen molar-refractivity contribution in [1.29, 1.82) is 0 Å². The first-order valence-electron chi connectivity index (χ1n) is 8.05. The predicted octanol–water partition coefficient (Wildman–Crippen LogP) is 4.02. The van der Waals surface area contributed by atoms with Crippen LogP contribution in [0.4, 0.5) is 5.69 Å². The number of nitrogens with one attached hydrogen (secondary N) is 1. The summed E-state index contributed by atoms with van der Waals surface area (Å²) < 4.78 is 11.3.